The van der Waals surface area contributed by atoms with E-state index in [-0.39, 0.29) is 0 Å². The molecule has 0 amide bonds. The molecule has 3 rings (SSSR count). The Balaban J connectivity index is 2.23. The van der Waals surface area contributed by atoms with E-state index in [9.17, 15) is 0 Å². The van der Waals surface area contributed by atoms with Crippen LogP contribution in [0.1, 0.15) is 17.0 Å². The van der Waals surface area contributed by atoms with Crippen molar-refractivity contribution in [2.45, 2.75) is 20.8 Å². The molecule has 0 radical (unpaired) electrons. The average Bonchev–Trinajstić information content (AvgIpc) is 2.98. The lowest BCUT2D eigenvalue weighted by molar-refractivity contribution is -0.613. The Bertz CT molecular complexity index is 731. The van der Waals surface area contributed by atoms with Gasteiger partial charge in [0.1, 0.15) is 17.6 Å². The van der Waals surface area contributed by atoms with Crippen LogP contribution in [0, 0.1) is 20.8 Å². The van der Waals surface area contributed by atoms with Crippen molar-refractivity contribution in [3.8, 4) is 16.9 Å². The van der Waals surface area contributed by atoms with Gasteiger partial charge in [-0.3, -0.25) is 0 Å². The summed E-state index contributed by atoms with van der Waals surface area (Å²) in [4.78, 5) is 0. The van der Waals surface area contributed by atoms with Crippen molar-refractivity contribution in [1.82, 2.24) is 15.4 Å². The SMILES string of the molecule is Cc1c(-c2ccccc2)cc(C)[n+](-c2cn[nH]n2)c1C. The van der Waals surface area contributed by atoms with E-state index < -0.39 is 0 Å². The maximum absolute atomic E-state index is 4.18. The fourth-order valence-corrected chi connectivity index (χ4v) is 2.58. The Morgan fingerprint density at radius 1 is 1.05 bits per heavy atom. The maximum atomic E-state index is 4.18. The van der Waals surface area contributed by atoms with Crippen LogP contribution in [0.4, 0.5) is 0 Å². The summed E-state index contributed by atoms with van der Waals surface area (Å²) in [6, 6.07) is 12.7. The molecule has 2 aromatic heterocycles. The summed E-state index contributed by atoms with van der Waals surface area (Å²) in [5.41, 5.74) is 6.08. The normalized spacial score (nSPS) is 10.8. The molecule has 0 unspecified atom stereocenters. The van der Waals surface area contributed by atoms with E-state index in [1.54, 1.807) is 6.20 Å². The molecule has 0 aliphatic heterocycles. The molecule has 0 bridgehead atoms. The smallest absolute Gasteiger partial charge is 0.195 e. The van der Waals surface area contributed by atoms with Crippen molar-refractivity contribution in [2.24, 2.45) is 0 Å². The van der Waals surface area contributed by atoms with E-state index >= 15 is 0 Å². The van der Waals surface area contributed by atoms with Crippen LogP contribution >= 0.6 is 0 Å². The van der Waals surface area contributed by atoms with Gasteiger partial charge in [-0.25, -0.2) is 0 Å². The third-order valence-corrected chi connectivity index (χ3v) is 3.70. The number of rotatable bonds is 2. The largest absolute Gasteiger partial charge is 0.375 e. The molecule has 0 spiro atoms. The lowest BCUT2D eigenvalue weighted by Gasteiger charge is -2.12. The molecule has 0 aliphatic carbocycles. The van der Waals surface area contributed by atoms with Crippen LogP contribution in [-0.4, -0.2) is 15.4 Å². The number of hydrogen-bond acceptors (Lipinski definition) is 2. The van der Waals surface area contributed by atoms with E-state index in [4.69, 9.17) is 0 Å². The topological polar surface area (TPSA) is 45.5 Å². The molecule has 2 heterocycles. The average molecular weight is 265 g/mol. The number of pyridine rings is 1. The molecule has 100 valence electrons. The number of hydrogen-bond donors (Lipinski definition) is 1. The van der Waals surface area contributed by atoms with Crippen molar-refractivity contribution in [3.05, 3.63) is 59.5 Å². The van der Waals surface area contributed by atoms with Crippen LogP contribution in [0.5, 0.6) is 0 Å². The fourth-order valence-electron chi connectivity index (χ4n) is 2.58. The molecule has 4 nitrogen and oxygen atoms in total. The van der Waals surface area contributed by atoms with Gasteiger partial charge in [0.05, 0.1) is 5.10 Å². The van der Waals surface area contributed by atoms with E-state index in [1.807, 2.05) is 6.07 Å². The summed E-state index contributed by atoms with van der Waals surface area (Å²) in [5, 5.41) is 10.7. The van der Waals surface area contributed by atoms with Crippen molar-refractivity contribution >= 4 is 0 Å². The molecule has 0 saturated heterocycles. The first kappa shape index (κ1) is 12.5. The third-order valence-electron chi connectivity index (χ3n) is 3.70. The van der Waals surface area contributed by atoms with E-state index in [1.165, 1.54) is 22.4 Å². The first-order valence-corrected chi connectivity index (χ1v) is 6.63. The minimum Gasteiger partial charge on any atom is -0.195 e. The highest BCUT2D eigenvalue weighted by molar-refractivity contribution is 5.67. The molecule has 3 aromatic rings. The molecule has 4 heteroatoms. The van der Waals surface area contributed by atoms with Gasteiger partial charge in [0.25, 0.3) is 0 Å². The van der Waals surface area contributed by atoms with Gasteiger partial charge in [0.15, 0.2) is 0 Å². The number of benzene rings is 1. The molecular weight excluding hydrogens is 248 g/mol. The summed E-state index contributed by atoms with van der Waals surface area (Å²) in [6.07, 6.45) is 1.74. The highest BCUT2D eigenvalue weighted by Gasteiger charge is 2.19. The minimum atomic E-state index is 0.822. The standard InChI is InChI=1S/C16H17N4/c1-11-9-15(14-7-5-4-6-8-14)12(2)13(3)20(11)16-10-17-19-18-16/h4-10H,1-3H3,(H,17,18,19)/q+1. The Labute approximate surface area is 118 Å². The molecule has 0 saturated carbocycles. The van der Waals surface area contributed by atoms with Gasteiger partial charge < -0.3 is 0 Å². The van der Waals surface area contributed by atoms with Gasteiger partial charge in [0.2, 0.25) is 0 Å². The number of nitrogens with one attached hydrogen (secondary N) is 1. The lowest BCUT2D eigenvalue weighted by Crippen LogP contribution is -2.39. The molecule has 0 atom stereocenters. The highest BCUT2D eigenvalue weighted by Crippen LogP contribution is 2.25. The summed E-state index contributed by atoms with van der Waals surface area (Å²) in [7, 11) is 0. The molecule has 1 N–H and O–H groups in total. The molecule has 0 fully saturated rings. The number of nitrogens with zero attached hydrogens (tertiary/aromatic N) is 3. The second-order valence-electron chi connectivity index (χ2n) is 4.94. The van der Waals surface area contributed by atoms with Crippen LogP contribution in [0.15, 0.2) is 42.6 Å². The summed E-state index contributed by atoms with van der Waals surface area (Å²) in [5.74, 6) is 0.822. The molecular formula is C16H17N4+. The fraction of sp³-hybridized carbons (Fsp3) is 0.188. The maximum Gasteiger partial charge on any atom is 0.375 e. The van der Waals surface area contributed by atoms with E-state index in [0.717, 1.165) is 11.5 Å². The van der Waals surface area contributed by atoms with Crippen LogP contribution < -0.4 is 4.57 Å². The second-order valence-corrected chi connectivity index (χ2v) is 4.94. The molecule has 20 heavy (non-hydrogen) atoms. The van der Waals surface area contributed by atoms with Crippen LogP contribution in [0.2, 0.25) is 0 Å². The van der Waals surface area contributed by atoms with Crippen LogP contribution in [-0.2, 0) is 0 Å². The molecule has 1 aromatic carbocycles. The van der Waals surface area contributed by atoms with E-state index in [2.05, 4.69) is 71.1 Å². The van der Waals surface area contributed by atoms with Gasteiger partial charge in [0, 0.05) is 0 Å². The summed E-state index contributed by atoms with van der Waals surface area (Å²) < 4.78 is 2.12. The van der Waals surface area contributed by atoms with Gasteiger partial charge in [-0.05, 0) is 43.5 Å². The van der Waals surface area contributed by atoms with Crippen LogP contribution in [0.25, 0.3) is 16.9 Å². The monoisotopic (exact) mass is 265 g/mol. The highest BCUT2D eigenvalue weighted by atomic mass is 15.4. The zero-order valence-corrected chi connectivity index (χ0v) is 11.9. The predicted molar refractivity (Wildman–Crippen MR) is 77.6 cm³/mol. The van der Waals surface area contributed by atoms with Crippen molar-refractivity contribution in [2.75, 3.05) is 0 Å². The predicted octanol–water partition coefficient (Wildman–Crippen LogP) is 2.67. The number of aromatic nitrogens is 4. The summed E-state index contributed by atoms with van der Waals surface area (Å²) in [6.45, 7) is 6.35. The first-order valence-electron chi connectivity index (χ1n) is 6.63. The second kappa shape index (κ2) is 4.89. The zero-order chi connectivity index (χ0) is 14.1. The van der Waals surface area contributed by atoms with Gasteiger partial charge >= 0.3 is 5.82 Å². The Morgan fingerprint density at radius 2 is 1.80 bits per heavy atom. The number of aryl methyl sites for hydroxylation is 1. The molecule has 0 aliphatic rings. The Morgan fingerprint density at radius 3 is 2.45 bits per heavy atom. The van der Waals surface area contributed by atoms with Crippen molar-refractivity contribution < 1.29 is 4.57 Å². The van der Waals surface area contributed by atoms with Crippen LogP contribution in [0.3, 0.4) is 0 Å². The first-order chi connectivity index (χ1) is 9.68. The van der Waals surface area contributed by atoms with Crippen molar-refractivity contribution in [3.63, 3.8) is 0 Å². The Kier molecular flexibility index (Phi) is 3.06. The van der Waals surface area contributed by atoms with E-state index in [0.29, 0.717) is 0 Å². The number of aromatic amines is 1. The minimum absolute atomic E-state index is 0.822. The number of H-pyrrole nitrogens is 1. The zero-order valence-electron chi connectivity index (χ0n) is 11.9. The van der Waals surface area contributed by atoms with Gasteiger partial charge in [-0.2, -0.15) is 4.57 Å². The van der Waals surface area contributed by atoms with Crippen molar-refractivity contribution in [1.29, 1.82) is 0 Å². The Hall–Kier alpha value is -2.49. The summed E-state index contributed by atoms with van der Waals surface area (Å²) >= 11 is 0. The lowest BCUT2D eigenvalue weighted by atomic mass is 9.99. The third kappa shape index (κ3) is 1.99. The quantitative estimate of drug-likeness (QED) is 0.724. The van der Waals surface area contributed by atoms with Gasteiger partial charge in [-0.1, -0.05) is 30.3 Å². The van der Waals surface area contributed by atoms with Gasteiger partial charge in [-0.15, -0.1) is 10.3 Å².